The number of rotatable bonds is 3. The number of aromatic nitrogens is 1. The van der Waals surface area contributed by atoms with E-state index >= 15 is 0 Å². The molecule has 0 saturated carbocycles. The number of methoxy groups -OCH3 is 1. The fourth-order valence-corrected chi connectivity index (χ4v) is 2.16. The molecule has 1 aromatic carbocycles. The van der Waals surface area contributed by atoms with Crippen LogP contribution in [0.1, 0.15) is 5.69 Å². The van der Waals surface area contributed by atoms with Gasteiger partial charge >= 0.3 is 6.03 Å². The first-order valence-electron chi connectivity index (χ1n) is 6.10. The Morgan fingerprint density at radius 2 is 2.21 bits per heavy atom. The van der Waals surface area contributed by atoms with E-state index in [1.54, 1.807) is 36.7 Å². The van der Waals surface area contributed by atoms with Crippen LogP contribution in [0.15, 0.2) is 36.9 Å². The molecule has 1 amide bonds. The Bertz CT molecular complexity index is 626. The summed E-state index contributed by atoms with van der Waals surface area (Å²) in [6.07, 6.45) is 2.43. The topological polar surface area (TPSA) is 34.5 Å². The molecule has 2 aromatic rings. The summed E-state index contributed by atoms with van der Waals surface area (Å²) in [4.78, 5) is 13.9. The van der Waals surface area contributed by atoms with Crippen molar-refractivity contribution < 1.29 is 9.53 Å². The second kappa shape index (κ2) is 5.18. The number of nitrogens with zero attached hydrogens (tertiary/aromatic N) is 2. The molecule has 0 aliphatic carbocycles. The van der Waals surface area contributed by atoms with Crippen molar-refractivity contribution in [3.8, 4) is 5.75 Å². The van der Waals surface area contributed by atoms with Crippen LogP contribution in [0.5, 0.6) is 5.75 Å². The normalized spacial score (nSPS) is 10.5. The van der Waals surface area contributed by atoms with Crippen LogP contribution in [0.4, 0.5) is 4.79 Å². The molecule has 0 fully saturated rings. The SMILES string of the molecule is C=CCc1cc2c(OC)cccc2n1C(=O)N(C)C. The predicted molar refractivity (Wildman–Crippen MR) is 76.9 cm³/mol. The molecule has 4 heteroatoms. The molecule has 0 saturated heterocycles. The standard InChI is InChI=1S/C15H18N2O2/c1-5-7-11-10-12-13(8-6-9-14(12)19-4)17(11)15(18)16(2)3/h5-6,8-10H,1,7H2,2-4H3. The summed E-state index contributed by atoms with van der Waals surface area (Å²) in [5.41, 5.74) is 1.77. The molecular weight excluding hydrogens is 240 g/mol. The minimum Gasteiger partial charge on any atom is -0.496 e. The number of ether oxygens (including phenoxy) is 1. The smallest absolute Gasteiger partial charge is 0.328 e. The molecule has 0 spiro atoms. The zero-order chi connectivity index (χ0) is 14.0. The number of hydrogen-bond acceptors (Lipinski definition) is 2. The van der Waals surface area contributed by atoms with Gasteiger partial charge in [0.25, 0.3) is 0 Å². The van der Waals surface area contributed by atoms with Gasteiger partial charge in [0.2, 0.25) is 0 Å². The van der Waals surface area contributed by atoms with Crippen molar-refractivity contribution in [3.63, 3.8) is 0 Å². The lowest BCUT2D eigenvalue weighted by Gasteiger charge is -2.14. The van der Waals surface area contributed by atoms with Crippen molar-refractivity contribution in [1.29, 1.82) is 0 Å². The van der Waals surface area contributed by atoms with E-state index in [1.807, 2.05) is 24.3 Å². The summed E-state index contributed by atoms with van der Waals surface area (Å²) < 4.78 is 7.06. The second-order valence-corrected chi connectivity index (χ2v) is 4.53. The minimum atomic E-state index is -0.0693. The van der Waals surface area contributed by atoms with Gasteiger partial charge in [0.1, 0.15) is 5.75 Å². The quantitative estimate of drug-likeness (QED) is 0.793. The van der Waals surface area contributed by atoms with Gasteiger partial charge in [-0.2, -0.15) is 0 Å². The van der Waals surface area contributed by atoms with Crippen molar-refractivity contribution >= 4 is 16.9 Å². The summed E-state index contributed by atoms with van der Waals surface area (Å²) in [5, 5.41) is 0.942. The van der Waals surface area contributed by atoms with Crippen LogP contribution >= 0.6 is 0 Å². The van der Waals surface area contributed by atoms with Crippen LogP contribution in [0.3, 0.4) is 0 Å². The van der Waals surface area contributed by atoms with E-state index in [0.717, 1.165) is 22.3 Å². The van der Waals surface area contributed by atoms with Gasteiger partial charge in [-0.15, -0.1) is 6.58 Å². The van der Waals surface area contributed by atoms with E-state index in [-0.39, 0.29) is 6.03 Å². The molecule has 19 heavy (non-hydrogen) atoms. The number of amides is 1. The van der Waals surface area contributed by atoms with Crippen LogP contribution in [0.2, 0.25) is 0 Å². The molecule has 0 unspecified atom stereocenters. The maximum absolute atomic E-state index is 12.3. The lowest BCUT2D eigenvalue weighted by atomic mass is 10.2. The van der Waals surface area contributed by atoms with Gasteiger partial charge in [-0.05, 0) is 18.2 Å². The molecule has 0 bridgehead atoms. The zero-order valence-corrected chi connectivity index (χ0v) is 11.5. The van der Waals surface area contributed by atoms with Crippen molar-refractivity contribution in [2.45, 2.75) is 6.42 Å². The predicted octanol–water partition coefficient (Wildman–Crippen LogP) is 2.91. The highest BCUT2D eigenvalue weighted by atomic mass is 16.5. The number of carbonyl (C=O) groups excluding carboxylic acids is 1. The third-order valence-corrected chi connectivity index (χ3v) is 3.03. The highest BCUT2D eigenvalue weighted by Crippen LogP contribution is 2.29. The Hall–Kier alpha value is -2.23. The lowest BCUT2D eigenvalue weighted by molar-refractivity contribution is 0.219. The Kier molecular flexibility index (Phi) is 3.60. The van der Waals surface area contributed by atoms with E-state index in [4.69, 9.17) is 4.74 Å². The Balaban J connectivity index is 2.74. The van der Waals surface area contributed by atoms with Crippen LogP contribution < -0.4 is 4.74 Å². The van der Waals surface area contributed by atoms with Gasteiger partial charge in [0, 0.05) is 31.6 Å². The van der Waals surface area contributed by atoms with E-state index in [9.17, 15) is 4.79 Å². The third-order valence-electron chi connectivity index (χ3n) is 3.03. The number of carbonyl (C=O) groups is 1. The molecule has 100 valence electrons. The maximum atomic E-state index is 12.3. The molecule has 1 aromatic heterocycles. The highest BCUT2D eigenvalue weighted by molar-refractivity contribution is 5.96. The first kappa shape index (κ1) is 13.2. The van der Waals surface area contributed by atoms with Crippen LogP contribution in [0, 0.1) is 0 Å². The minimum absolute atomic E-state index is 0.0693. The van der Waals surface area contributed by atoms with E-state index in [2.05, 4.69) is 6.58 Å². The average Bonchev–Trinajstić information content (AvgIpc) is 2.75. The number of fused-ring (bicyclic) bond motifs is 1. The number of allylic oxidation sites excluding steroid dienone is 1. The Morgan fingerprint density at radius 3 is 2.79 bits per heavy atom. The van der Waals surface area contributed by atoms with Crippen LogP contribution in [-0.4, -0.2) is 36.7 Å². The van der Waals surface area contributed by atoms with Gasteiger partial charge in [-0.1, -0.05) is 12.1 Å². The Labute approximate surface area is 112 Å². The van der Waals surface area contributed by atoms with Gasteiger partial charge < -0.3 is 9.64 Å². The molecule has 0 aliphatic rings. The third kappa shape index (κ3) is 2.21. The van der Waals surface area contributed by atoms with Gasteiger partial charge in [0.15, 0.2) is 0 Å². The lowest BCUT2D eigenvalue weighted by Crippen LogP contribution is -2.28. The summed E-state index contributed by atoms with van der Waals surface area (Å²) in [6, 6.07) is 7.62. The molecule has 0 radical (unpaired) electrons. The Morgan fingerprint density at radius 1 is 1.47 bits per heavy atom. The largest absolute Gasteiger partial charge is 0.496 e. The van der Waals surface area contributed by atoms with Gasteiger partial charge in [-0.3, -0.25) is 4.57 Å². The first-order chi connectivity index (χ1) is 9.10. The van der Waals surface area contributed by atoms with Gasteiger partial charge in [0.05, 0.1) is 12.6 Å². The molecule has 2 rings (SSSR count). The second-order valence-electron chi connectivity index (χ2n) is 4.53. The van der Waals surface area contributed by atoms with Crippen molar-refractivity contribution in [2.75, 3.05) is 21.2 Å². The van der Waals surface area contributed by atoms with Crippen LogP contribution in [-0.2, 0) is 6.42 Å². The van der Waals surface area contributed by atoms with Crippen molar-refractivity contribution in [3.05, 3.63) is 42.6 Å². The van der Waals surface area contributed by atoms with E-state index < -0.39 is 0 Å². The zero-order valence-electron chi connectivity index (χ0n) is 11.5. The molecule has 0 N–H and O–H groups in total. The molecule has 0 aliphatic heterocycles. The first-order valence-corrected chi connectivity index (χ1v) is 6.10. The maximum Gasteiger partial charge on any atom is 0.328 e. The summed E-state index contributed by atoms with van der Waals surface area (Å²) in [5.74, 6) is 0.771. The molecule has 4 nitrogen and oxygen atoms in total. The van der Waals surface area contributed by atoms with Crippen molar-refractivity contribution in [1.82, 2.24) is 9.47 Å². The fourth-order valence-electron chi connectivity index (χ4n) is 2.16. The van der Waals surface area contributed by atoms with E-state index in [0.29, 0.717) is 6.42 Å². The van der Waals surface area contributed by atoms with E-state index in [1.165, 1.54) is 0 Å². The molecular formula is C15H18N2O2. The summed E-state index contributed by atoms with van der Waals surface area (Å²) >= 11 is 0. The number of benzene rings is 1. The van der Waals surface area contributed by atoms with Crippen molar-refractivity contribution in [2.24, 2.45) is 0 Å². The molecule has 0 atom stereocenters. The van der Waals surface area contributed by atoms with Gasteiger partial charge in [-0.25, -0.2) is 4.79 Å². The summed E-state index contributed by atoms with van der Waals surface area (Å²) in [7, 11) is 5.12. The number of hydrogen-bond donors (Lipinski definition) is 0. The fraction of sp³-hybridized carbons (Fsp3) is 0.267. The average molecular weight is 258 g/mol. The summed E-state index contributed by atoms with van der Waals surface area (Å²) in [6.45, 7) is 3.74. The molecule has 1 heterocycles. The van der Waals surface area contributed by atoms with Crippen LogP contribution in [0.25, 0.3) is 10.9 Å². The monoisotopic (exact) mass is 258 g/mol. The highest BCUT2D eigenvalue weighted by Gasteiger charge is 2.17.